The van der Waals surface area contributed by atoms with Gasteiger partial charge in [-0.1, -0.05) is 36.4 Å². The highest BCUT2D eigenvalue weighted by Crippen LogP contribution is 2.39. The summed E-state index contributed by atoms with van der Waals surface area (Å²) in [7, 11) is 0. The molecule has 0 saturated carbocycles. The molecule has 3 aromatic carbocycles. The van der Waals surface area contributed by atoms with Crippen molar-refractivity contribution in [3.05, 3.63) is 83.4 Å². The van der Waals surface area contributed by atoms with Gasteiger partial charge in [-0.3, -0.25) is 10.8 Å². The Labute approximate surface area is 214 Å². The molecule has 194 valence electrons. The van der Waals surface area contributed by atoms with Gasteiger partial charge in [0.05, 0.1) is 11.4 Å². The van der Waals surface area contributed by atoms with E-state index in [0.717, 1.165) is 22.8 Å². The fraction of sp³-hybridized carbons (Fsp3) is 0.286. The maximum absolute atomic E-state index is 13.9. The molecule has 1 aliphatic heterocycles. The lowest BCUT2D eigenvalue weighted by atomic mass is 10.0. The van der Waals surface area contributed by atoms with E-state index >= 15 is 0 Å². The molecule has 0 amide bonds. The van der Waals surface area contributed by atoms with Gasteiger partial charge >= 0.3 is 6.18 Å². The predicted molar refractivity (Wildman–Crippen MR) is 140 cm³/mol. The molecule has 1 fully saturated rings. The molecule has 0 aliphatic carbocycles. The second kappa shape index (κ2) is 10.9. The standard InChI is InChI=1S/C28H30F3N5O/c1-18(32)36-12-10-24(11-13-36)37-26-9-8-23(16-25(26)28(29,30)31)35-17-19-4-2-5-20(14-19)21-6-3-7-22(15-21)27(33)34/h2-9,14-16,24,32,35H,10-13,17H2,1H3,(H3,33,34). The molecule has 0 radical (unpaired) electrons. The van der Waals surface area contributed by atoms with E-state index in [4.69, 9.17) is 21.3 Å². The average Bonchev–Trinajstić information content (AvgIpc) is 2.88. The molecule has 9 heteroatoms. The lowest BCUT2D eigenvalue weighted by Crippen LogP contribution is -2.40. The molecule has 0 bridgehead atoms. The summed E-state index contributed by atoms with van der Waals surface area (Å²) in [6.45, 7) is 3.23. The van der Waals surface area contributed by atoms with Crippen LogP contribution in [0.2, 0.25) is 0 Å². The fourth-order valence-corrected chi connectivity index (χ4v) is 4.38. The van der Waals surface area contributed by atoms with Gasteiger partial charge in [-0.2, -0.15) is 13.2 Å². The molecule has 6 nitrogen and oxygen atoms in total. The molecule has 0 unspecified atom stereocenters. The Balaban J connectivity index is 1.46. The summed E-state index contributed by atoms with van der Waals surface area (Å²) in [5.74, 6) is 0.273. The lowest BCUT2D eigenvalue weighted by Gasteiger charge is -2.33. The zero-order chi connectivity index (χ0) is 26.6. The number of halogens is 3. The Morgan fingerprint density at radius 2 is 1.68 bits per heavy atom. The molecule has 1 aliphatic rings. The summed E-state index contributed by atoms with van der Waals surface area (Å²) in [4.78, 5) is 1.90. The van der Waals surface area contributed by atoms with E-state index in [-0.39, 0.29) is 17.7 Å². The largest absolute Gasteiger partial charge is 0.490 e. The van der Waals surface area contributed by atoms with Crippen LogP contribution in [0, 0.1) is 10.8 Å². The zero-order valence-corrected chi connectivity index (χ0v) is 20.5. The number of nitrogens with zero attached hydrogens (tertiary/aromatic N) is 1. The number of hydrogen-bond acceptors (Lipinski definition) is 4. The van der Waals surface area contributed by atoms with Crippen LogP contribution < -0.4 is 15.8 Å². The molecule has 1 heterocycles. The summed E-state index contributed by atoms with van der Waals surface area (Å²) in [5.41, 5.74) is 8.48. The van der Waals surface area contributed by atoms with E-state index in [0.29, 0.717) is 49.6 Å². The van der Waals surface area contributed by atoms with Gasteiger partial charge in [0.15, 0.2) is 0 Å². The van der Waals surface area contributed by atoms with Gasteiger partial charge in [0, 0.05) is 43.7 Å². The van der Waals surface area contributed by atoms with Crippen molar-refractivity contribution in [2.24, 2.45) is 5.73 Å². The quantitative estimate of drug-likeness (QED) is 0.228. The van der Waals surface area contributed by atoms with E-state index < -0.39 is 11.7 Å². The Morgan fingerprint density at radius 3 is 2.32 bits per heavy atom. The van der Waals surface area contributed by atoms with Crippen molar-refractivity contribution < 1.29 is 17.9 Å². The normalized spacial score (nSPS) is 14.3. The smallest absolute Gasteiger partial charge is 0.420 e. The minimum atomic E-state index is -4.55. The molecule has 3 aromatic rings. The molecular formula is C28H30F3N5O. The summed E-state index contributed by atoms with van der Waals surface area (Å²) in [5, 5.41) is 18.4. The van der Waals surface area contributed by atoms with E-state index in [2.05, 4.69) is 5.32 Å². The van der Waals surface area contributed by atoms with Crippen molar-refractivity contribution in [3.8, 4) is 16.9 Å². The van der Waals surface area contributed by atoms with Gasteiger partial charge < -0.3 is 20.7 Å². The Morgan fingerprint density at radius 1 is 1.00 bits per heavy atom. The molecule has 1 saturated heterocycles. The number of rotatable bonds is 7. The van der Waals surface area contributed by atoms with Gasteiger partial charge in [-0.15, -0.1) is 0 Å². The summed E-state index contributed by atoms with van der Waals surface area (Å²) in [6.07, 6.45) is -3.74. The molecule has 5 N–H and O–H groups in total. The number of piperidine rings is 1. The highest BCUT2D eigenvalue weighted by atomic mass is 19.4. The van der Waals surface area contributed by atoms with Crippen LogP contribution in [0.5, 0.6) is 5.75 Å². The number of nitrogens with two attached hydrogens (primary N) is 1. The number of likely N-dealkylation sites (tertiary alicyclic amines) is 1. The fourth-order valence-electron chi connectivity index (χ4n) is 4.38. The Hall–Kier alpha value is -4.01. The summed E-state index contributed by atoms with van der Waals surface area (Å²) < 4.78 is 47.4. The van der Waals surface area contributed by atoms with Crippen molar-refractivity contribution >= 4 is 17.4 Å². The number of ether oxygens (including phenoxy) is 1. The van der Waals surface area contributed by atoms with Crippen LogP contribution in [0.4, 0.5) is 18.9 Å². The van der Waals surface area contributed by atoms with Crippen molar-refractivity contribution in [2.75, 3.05) is 18.4 Å². The van der Waals surface area contributed by atoms with Gasteiger partial charge in [0.25, 0.3) is 0 Å². The number of anilines is 1. The van der Waals surface area contributed by atoms with Crippen molar-refractivity contribution in [3.63, 3.8) is 0 Å². The van der Waals surface area contributed by atoms with Gasteiger partial charge in [0.1, 0.15) is 17.7 Å². The SMILES string of the molecule is CC(=N)N1CCC(Oc2ccc(NCc3cccc(-c4cccc(C(=N)N)c4)c3)cc2C(F)(F)F)CC1. The van der Waals surface area contributed by atoms with Gasteiger partial charge in [0.2, 0.25) is 0 Å². The van der Waals surface area contributed by atoms with Crippen molar-refractivity contribution in [1.82, 2.24) is 4.90 Å². The molecule has 0 atom stereocenters. The first-order valence-corrected chi connectivity index (χ1v) is 12.1. The highest BCUT2D eigenvalue weighted by Gasteiger charge is 2.35. The zero-order valence-electron chi connectivity index (χ0n) is 20.5. The minimum Gasteiger partial charge on any atom is -0.490 e. The second-order valence-corrected chi connectivity index (χ2v) is 9.15. The molecule has 37 heavy (non-hydrogen) atoms. The van der Waals surface area contributed by atoms with Crippen molar-refractivity contribution in [2.45, 2.75) is 38.6 Å². The van der Waals surface area contributed by atoms with E-state index in [1.54, 1.807) is 19.1 Å². The number of alkyl halides is 3. The maximum Gasteiger partial charge on any atom is 0.420 e. The van der Waals surface area contributed by atoms with Crippen LogP contribution in [0.3, 0.4) is 0 Å². The maximum atomic E-state index is 13.9. The predicted octanol–water partition coefficient (Wildman–Crippen LogP) is 6.11. The third-order valence-electron chi connectivity index (χ3n) is 6.43. The first-order chi connectivity index (χ1) is 17.6. The third-order valence-corrected chi connectivity index (χ3v) is 6.43. The first-order valence-electron chi connectivity index (χ1n) is 12.1. The number of benzene rings is 3. The van der Waals surface area contributed by atoms with E-state index in [9.17, 15) is 13.2 Å². The molecule has 0 spiro atoms. The lowest BCUT2D eigenvalue weighted by molar-refractivity contribution is -0.139. The van der Waals surface area contributed by atoms with Crippen LogP contribution in [-0.4, -0.2) is 35.8 Å². The van der Waals surface area contributed by atoms with Gasteiger partial charge in [-0.05, 0) is 53.9 Å². The Bertz CT molecular complexity index is 1280. The highest BCUT2D eigenvalue weighted by molar-refractivity contribution is 5.96. The topological polar surface area (TPSA) is 98.2 Å². The van der Waals surface area contributed by atoms with Crippen LogP contribution >= 0.6 is 0 Å². The minimum absolute atomic E-state index is 0.0144. The van der Waals surface area contributed by atoms with Crippen LogP contribution in [0.25, 0.3) is 11.1 Å². The van der Waals surface area contributed by atoms with E-state index in [1.165, 1.54) is 6.07 Å². The molecule has 4 rings (SSSR count). The van der Waals surface area contributed by atoms with Crippen molar-refractivity contribution in [1.29, 1.82) is 10.8 Å². The van der Waals surface area contributed by atoms with Crippen LogP contribution in [-0.2, 0) is 12.7 Å². The Kier molecular flexibility index (Phi) is 7.71. The van der Waals surface area contributed by atoms with Crippen LogP contribution in [0.15, 0.2) is 66.7 Å². The van der Waals surface area contributed by atoms with Crippen LogP contribution in [0.1, 0.15) is 36.5 Å². The molecule has 0 aromatic heterocycles. The number of nitrogen functional groups attached to an aromatic ring is 1. The second-order valence-electron chi connectivity index (χ2n) is 9.15. The number of amidine groups is 2. The summed E-state index contributed by atoms with van der Waals surface area (Å²) in [6, 6.07) is 19.1. The summed E-state index contributed by atoms with van der Waals surface area (Å²) >= 11 is 0. The van der Waals surface area contributed by atoms with E-state index in [1.807, 2.05) is 47.4 Å². The number of nitrogens with one attached hydrogen (secondary N) is 3. The average molecular weight is 510 g/mol. The monoisotopic (exact) mass is 509 g/mol. The third kappa shape index (κ3) is 6.61. The molecular weight excluding hydrogens is 479 g/mol. The number of hydrogen-bond donors (Lipinski definition) is 4. The first kappa shape index (κ1) is 26.1. The van der Waals surface area contributed by atoms with Gasteiger partial charge in [-0.25, -0.2) is 0 Å².